The Morgan fingerprint density at radius 2 is 0.867 bits per heavy atom. The lowest BCUT2D eigenvalue weighted by atomic mass is 9.99. The molecule has 1 fully saturated rings. The maximum absolute atomic E-state index is 13.5. The molecule has 83 heavy (non-hydrogen) atoms. The van der Waals surface area contributed by atoms with Crippen molar-refractivity contribution in [2.45, 2.75) is 346 Å². The van der Waals surface area contributed by atoms with E-state index in [9.17, 15) is 35.1 Å². The van der Waals surface area contributed by atoms with E-state index >= 15 is 0 Å². The Hall–Kier alpha value is -3.16. The molecule has 6 N–H and O–H groups in total. The molecule has 11 heteroatoms. The van der Waals surface area contributed by atoms with Gasteiger partial charge in [-0.25, -0.2) is 0 Å². The second-order valence-corrected chi connectivity index (χ2v) is 23.5. The van der Waals surface area contributed by atoms with Crippen LogP contribution < -0.4 is 5.32 Å². The van der Waals surface area contributed by atoms with E-state index in [0.717, 1.165) is 109 Å². The summed E-state index contributed by atoms with van der Waals surface area (Å²) >= 11 is 0. The molecule has 1 aliphatic heterocycles. The molecule has 480 valence electrons. The van der Waals surface area contributed by atoms with E-state index in [-0.39, 0.29) is 19.4 Å². The summed E-state index contributed by atoms with van der Waals surface area (Å²) in [6.07, 6.45) is 67.5. The molecule has 0 saturated carbocycles. The van der Waals surface area contributed by atoms with Crippen LogP contribution in [0.3, 0.4) is 0 Å². The summed E-state index contributed by atoms with van der Waals surface area (Å²) in [6.45, 7) is 5.69. The Balaban J connectivity index is 2.63. The van der Waals surface area contributed by atoms with E-state index in [2.05, 4.69) is 99.0 Å². The molecule has 1 rings (SSSR count). The van der Waals surface area contributed by atoms with Gasteiger partial charge in [-0.2, -0.15) is 0 Å². The summed E-state index contributed by atoms with van der Waals surface area (Å²) in [5, 5.41) is 57.2. The van der Waals surface area contributed by atoms with Crippen molar-refractivity contribution < 1.29 is 49.3 Å². The third-order valence-electron chi connectivity index (χ3n) is 15.8. The Bertz CT molecular complexity index is 1670. The predicted molar refractivity (Wildman–Crippen MR) is 347 cm³/mol. The van der Waals surface area contributed by atoms with Crippen LogP contribution in [-0.4, -0.2) is 99.6 Å². The molecule has 11 nitrogen and oxygen atoms in total. The van der Waals surface area contributed by atoms with Gasteiger partial charge in [0.05, 0.1) is 25.4 Å². The molecule has 0 aromatic rings. The van der Waals surface area contributed by atoms with Crippen molar-refractivity contribution in [3.05, 3.63) is 85.1 Å². The maximum Gasteiger partial charge on any atom is 0.306 e. The fourth-order valence-electron chi connectivity index (χ4n) is 10.4. The first kappa shape index (κ1) is 77.9. The number of allylic oxidation sites excluding steroid dienone is 13. The Morgan fingerprint density at radius 1 is 0.482 bits per heavy atom. The quantitative estimate of drug-likeness (QED) is 0.0195. The lowest BCUT2D eigenvalue weighted by Gasteiger charge is -2.41. The molecule has 0 aromatic heterocycles. The van der Waals surface area contributed by atoms with Gasteiger partial charge >= 0.3 is 5.97 Å². The molecule has 8 unspecified atom stereocenters. The minimum Gasteiger partial charge on any atom is -0.454 e. The average Bonchev–Trinajstić information content (AvgIpc) is 3.67. The number of amides is 1. The van der Waals surface area contributed by atoms with E-state index in [0.29, 0.717) is 12.8 Å². The second kappa shape index (κ2) is 59.2. The number of hydrogen-bond acceptors (Lipinski definition) is 10. The highest BCUT2D eigenvalue weighted by Gasteiger charge is 2.47. The van der Waals surface area contributed by atoms with Crippen molar-refractivity contribution in [2.75, 3.05) is 13.2 Å². The van der Waals surface area contributed by atoms with Gasteiger partial charge in [0, 0.05) is 6.42 Å². The molecule has 0 aliphatic carbocycles. The van der Waals surface area contributed by atoms with E-state index < -0.39 is 67.4 Å². The number of ether oxygens (including phenoxy) is 3. The Morgan fingerprint density at radius 3 is 1.31 bits per heavy atom. The highest BCUT2D eigenvalue weighted by molar-refractivity contribution is 5.80. The van der Waals surface area contributed by atoms with Gasteiger partial charge in [0.25, 0.3) is 0 Å². The van der Waals surface area contributed by atoms with Crippen LogP contribution in [0.2, 0.25) is 0 Å². The van der Waals surface area contributed by atoms with Crippen LogP contribution >= 0.6 is 0 Å². The first-order valence-electron chi connectivity index (χ1n) is 34.4. The van der Waals surface area contributed by atoms with Gasteiger partial charge in [-0.3, -0.25) is 9.59 Å². The molecule has 1 saturated heterocycles. The van der Waals surface area contributed by atoms with Gasteiger partial charge in [0.1, 0.15) is 24.4 Å². The number of carbonyl (C=O) groups excluding carboxylic acids is 2. The van der Waals surface area contributed by atoms with Gasteiger partial charge in [-0.05, 0) is 96.3 Å². The highest BCUT2D eigenvalue weighted by atomic mass is 16.7. The lowest BCUT2D eigenvalue weighted by Crippen LogP contribution is -2.61. The minimum absolute atomic E-state index is 0.116. The Labute approximate surface area is 508 Å². The summed E-state index contributed by atoms with van der Waals surface area (Å²) in [5.41, 5.74) is 0. The van der Waals surface area contributed by atoms with Crippen LogP contribution in [0.15, 0.2) is 85.1 Å². The van der Waals surface area contributed by atoms with E-state index in [1.807, 2.05) is 6.08 Å². The fourth-order valence-corrected chi connectivity index (χ4v) is 10.4. The highest BCUT2D eigenvalue weighted by Crippen LogP contribution is 2.26. The van der Waals surface area contributed by atoms with Crippen molar-refractivity contribution in [3.63, 3.8) is 0 Å². The maximum atomic E-state index is 13.5. The van der Waals surface area contributed by atoms with Crippen molar-refractivity contribution in [3.8, 4) is 0 Å². The number of aliphatic hydroxyl groups excluding tert-OH is 5. The summed E-state index contributed by atoms with van der Waals surface area (Å²) in [6, 6.07) is -1.03. The van der Waals surface area contributed by atoms with Crippen LogP contribution in [0.4, 0.5) is 0 Å². The lowest BCUT2D eigenvalue weighted by molar-refractivity contribution is -0.305. The molecule has 0 radical (unpaired) electrons. The summed E-state index contributed by atoms with van der Waals surface area (Å²) in [4.78, 5) is 26.6. The monoisotopic (exact) mass is 1170 g/mol. The smallest absolute Gasteiger partial charge is 0.306 e. The largest absolute Gasteiger partial charge is 0.454 e. The standard InChI is InChI=1S/C72H127NO10/c1-4-7-10-13-16-19-22-25-27-29-30-31-32-33-34-35-37-38-41-44-47-50-53-56-59-65(76)71(80)73-63(64(75)58-55-52-49-46-43-40-24-21-18-15-12-9-6-3)62-81-72-70(69(79)68(78)66(61-74)82-72)83-67(77)60-57-54-51-48-45-42-39-36-28-26-23-20-17-14-11-8-5-2/h7,10,16,19,25-28,30-31,33-34,55,58,63-66,68-70,72,74-76,78-79H,4-6,8-9,11-15,17-18,20-24,29,32,35-54,56-57,59-62H2,1-3H3,(H,73,80)/b10-7-,19-16-,27-25-,28-26+,31-30-,34-33-,58-55+. The van der Waals surface area contributed by atoms with Crippen LogP contribution in [0.1, 0.15) is 297 Å². The van der Waals surface area contributed by atoms with Gasteiger partial charge in [-0.15, -0.1) is 0 Å². The third kappa shape index (κ3) is 46.7. The van der Waals surface area contributed by atoms with Crippen LogP contribution in [0.25, 0.3) is 0 Å². The molecular weight excluding hydrogens is 1040 g/mol. The number of aliphatic hydroxyl groups is 5. The number of nitrogens with one attached hydrogen (secondary N) is 1. The third-order valence-corrected chi connectivity index (χ3v) is 15.8. The van der Waals surface area contributed by atoms with Crippen LogP contribution in [0, 0.1) is 0 Å². The average molecular weight is 1170 g/mol. The molecular formula is C72H127NO10. The van der Waals surface area contributed by atoms with Gasteiger partial charge < -0.3 is 45.1 Å². The minimum atomic E-state index is -1.62. The normalized spacial score (nSPS) is 19.1. The van der Waals surface area contributed by atoms with Crippen molar-refractivity contribution >= 4 is 11.9 Å². The summed E-state index contributed by atoms with van der Waals surface area (Å²) in [5.74, 6) is -1.20. The molecule has 1 heterocycles. The molecule has 1 aliphatic rings. The molecule has 0 aromatic carbocycles. The summed E-state index contributed by atoms with van der Waals surface area (Å²) < 4.78 is 17.7. The topological polar surface area (TPSA) is 175 Å². The molecule has 0 spiro atoms. The summed E-state index contributed by atoms with van der Waals surface area (Å²) in [7, 11) is 0. The molecule has 1 amide bonds. The van der Waals surface area contributed by atoms with Crippen LogP contribution in [0.5, 0.6) is 0 Å². The van der Waals surface area contributed by atoms with E-state index in [4.69, 9.17) is 14.2 Å². The first-order chi connectivity index (χ1) is 40.7. The predicted octanol–water partition coefficient (Wildman–Crippen LogP) is 17.3. The van der Waals surface area contributed by atoms with Gasteiger partial charge in [0.2, 0.25) is 5.91 Å². The Kier molecular flexibility index (Phi) is 55.5. The zero-order chi connectivity index (χ0) is 60.3. The van der Waals surface area contributed by atoms with Crippen molar-refractivity contribution in [1.29, 1.82) is 0 Å². The first-order valence-corrected chi connectivity index (χ1v) is 34.4. The number of hydrogen-bond donors (Lipinski definition) is 6. The molecule has 8 atom stereocenters. The van der Waals surface area contributed by atoms with Gasteiger partial charge in [0.15, 0.2) is 12.4 Å². The molecule has 0 bridgehead atoms. The van der Waals surface area contributed by atoms with Crippen molar-refractivity contribution in [1.82, 2.24) is 5.32 Å². The van der Waals surface area contributed by atoms with Gasteiger partial charge in [-0.1, -0.05) is 279 Å². The second-order valence-electron chi connectivity index (χ2n) is 23.5. The van der Waals surface area contributed by atoms with Crippen LogP contribution in [-0.2, 0) is 23.8 Å². The van der Waals surface area contributed by atoms with E-state index in [1.165, 1.54) is 141 Å². The number of carbonyl (C=O) groups is 2. The zero-order valence-corrected chi connectivity index (χ0v) is 53.3. The number of esters is 1. The SMILES string of the molecule is CC/C=C\C/C=C\C/C=C\C/C=C\C/C=C\CCCCCCCCCCC(O)C(=O)NC(COC1OC(CO)C(O)C(O)C1OC(=O)CCCCCCCCC/C=C/CCCCCCCC)C(O)/C=C/CCCCCCCCCCCCC. The van der Waals surface area contributed by atoms with Crippen molar-refractivity contribution in [2.24, 2.45) is 0 Å². The number of unbranched alkanes of at least 4 members (excludes halogenated alkanes) is 32. The zero-order valence-electron chi connectivity index (χ0n) is 53.3. The fraction of sp³-hybridized carbons (Fsp3) is 0.778. The number of rotatable bonds is 58. The van der Waals surface area contributed by atoms with E-state index in [1.54, 1.807) is 6.08 Å².